The molecular formula is C14H25N3O2S. The summed E-state index contributed by atoms with van der Waals surface area (Å²) in [4.78, 5) is 19.0. The molecule has 114 valence electrons. The SMILES string of the molecule is CCCCN(CCCC)c1nc(N)sc1C(=O)OCC. The third kappa shape index (κ3) is 4.67. The molecule has 5 nitrogen and oxygen atoms in total. The molecule has 0 unspecified atom stereocenters. The van der Waals surface area contributed by atoms with Crippen LogP contribution in [0.3, 0.4) is 0 Å². The fourth-order valence-electron chi connectivity index (χ4n) is 1.89. The maximum Gasteiger partial charge on any atom is 0.352 e. The number of aromatic nitrogens is 1. The summed E-state index contributed by atoms with van der Waals surface area (Å²) in [6.07, 6.45) is 4.36. The van der Waals surface area contributed by atoms with E-state index in [1.54, 1.807) is 6.92 Å². The molecule has 1 rings (SSSR count). The number of carbonyl (C=O) groups excluding carboxylic acids is 1. The number of unbranched alkanes of at least 4 members (excludes halogenated alkanes) is 2. The number of thiazole rings is 1. The highest BCUT2D eigenvalue weighted by atomic mass is 32.1. The van der Waals surface area contributed by atoms with Gasteiger partial charge in [0, 0.05) is 13.1 Å². The highest BCUT2D eigenvalue weighted by Gasteiger charge is 2.22. The molecule has 0 aliphatic rings. The van der Waals surface area contributed by atoms with E-state index >= 15 is 0 Å². The van der Waals surface area contributed by atoms with Crippen LogP contribution in [-0.4, -0.2) is 30.6 Å². The number of nitrogens with zero attached hydrogens (tertiary/aromatic N) is 2. The summed E-state index contributed by atoms with van der Waals surface area (Å²) < 4.78 is 5.09. The van der Waals surface area contributed by atoms with Gasteiger partial charge in [0.1, 0.15) is 0 Å². The molecule has 0 spiro atoms. The smallest absolute Gasteiger partial charge is 0.352 e. The first-order valence-corrected chi connectivity index (χ1v) is 8.13. The minimum atomic E-state index is -0.324. The van der Waals surface area contributed by atoms with Gasteiger partial charge in [-0.05, 0) is 19.8 Å². The Morgan fingerprint density at radius 2 is 1.85 bits per heavy atom. The fraction of sp³-hybridized carbons (Fsp3) is 0.714. The van der Waals surface area contributed by atoms with Gasteiger partial charge < -0.3 is 15.4 Å². The van der Waals surface area contributed by atoms with Gasteiger partial charge in [-0.2, -0.15) is 0 Å². The molecule has 1 aromatic rings. The standard InChI is InChI=1S/C14H25N3O2S/c1-4-7-9-17(10-8-5-2)12-11(13(18)19-6-3)20-14(15)16-12/h4-10H2,1-3H3,(H2,15,16). The lowest BCUT2D eigenvalue weighted by Crippen LogP contribution is -2.27. The molecular weight excluding hydrogens is 274 g/mol. The van der Waals surface area contributed by atoms with Crippen molar-refractivity contribution in [3.63, 3.8) is 0 Å². The quantitative estimate of drug-likeness (QED) is 0.708. The topological polar surface area (TPSA) is 68.5 Å². The number of esters is 1. The predicted molar refractivity (Wildman–Crippen MR) is 84.5 cm³/mol. The van der Waals surface area contributed by atoms with E-state index in [0.29, 0.717) is 22.4 Å². The second-order valence-electron chi connectivity index (χ2n) is 4.62. The molecule has 0 saturated carbocycles. The summed E-state index contributed by atoms with van der Waals surface area (Å²) in [6.45, 7) is 8.26. The Morgan fingerprint density at radius 1 is 1.25 bits per heavy atom. The van der Waals surface area contributed by atoms with E-state index < -0.39 is 0 Å². The zero-order valence-electron chi connectivity index (χ0n) is 12.6. The molecule has 1 heterocycles. The minimum absolute atomic E-state index is 0.324. The van der Waals surface area contributed by atoms with E-state index in [2.05, 4.69) is 23.7 Å². The van der Waals surface area contributed by atoms with Gasteiger partial charge >= 0.3 is 5.97 Å². The molecule has 0 aliphatic carbocycles. The largest absolute Gasteiger partial charge is 0.462 e. The number of hydrogen-bond donors (Lipinski definition) is 1. The second kappa shape index (κ2) is 8.79. The molecule has 6 heteroatoms. The zero-order valence-corrected chi connectivity index (χ0v) is 13.5. The van der Waals surface area contributed by atoms with Crippen molar-refractivity contribution in [3.8, 4) is 0 Å². The molecule has 0 saturated heterocycles. The Bertz CT molecular complexity index is 413. The van der Waals surface area contributed by atoms with Crippen LogP contribution in [0.4, 0.5) is 10.9 Å². The first kappa shape index (κ1) is 16.8. The summed E-state index contributed by atoms with van der Waals surface area (Å²) in [5, 5.41) is 0.418. The maximum absolute atomic E-state index is 12.0. The Labute approximate surface area is 125 Å². The van der Waals surface area contributed by atoms with Crippen LogP contribution in [0.25, 0.3) is 0 Å². The van der Waals surface area contributed by atoms with E-state index in [9.17, 15) is 4.79 Å². The van der Waals surface area contributed by atoms with Gasteiger partial charge in [-0.25, -0.2) is 9.78 Å². The number of nitrogen functional groups attached to an aromatic ring is 1. The number of anilines is 2. The monoisotopic (exact) mass is 299 g/mol. The van der Waals surface area contributed by atoms with Gasteiger partial charge in [0.05, 0.1) is 6.61 Å². The molecule has 2 N–H and O–H groups in total. The van der Waals surface area contributed by atoms with Crippen LogP contribution in [0.5, 0.6) is 0 Å². The summed E-state index contributed by atoms with van der Waals surface area (Å²) in [5.74, 6) is 0.363. The summed E-state index contributed by atoms with van der Waals surface area (Å²) in [5.41, 5.74) is 5.78. The van der Waals surface area contributed by atoms with Crippen molar-refractivity contribution in [2.45, 2.75) is 46.5 Å². The van der Waals surface area contributed by atoms with Crippen molar-refractivity contribution in [1.82, 2.24) is 4.98 Å². The molecule has 0 atom stereocenters. The van der Waals surface area contributed by atoms with Crippen LogP contribution in [0, 0.1) is 0 Å². The van der Waals surface area contributed by atoms with Gasteiger partial charge in [-0.3, -0.25) is 0 Å². The molecule has 0 bridgehead atoms. The first-order chi connectivity index (χ1) is 9.63. The number of hydrogen-bond acceptors (Lipinski definition) is 6. The third-order valence-corrected chi connectivity index (χ3v) is 3.80. The fourth-order valence-corrected chi connectivity index (χ4v) is 2.64. The number of ether oxygens (including phenoxy) is 1. The van der Waals surface area contributed by atoms with Gasteiger partial charge in [0.2, 0.25) is 0 Å². The molecule has 0 aliphatic heterocycles. The number of nitrogens with two attached hydrogens (primary N) is 1. The Balaban J connectivity index is 2.95. The minimum Gasteiger partial charge on any atom is -0.462 e. The molecule has 1 aromatic heterocycles. The van der Waals surface area contributed by atoms with Crippen molar-refractivity contribution in [3.05, 3.63) is 4.88 Å². The second-order valence-corrected chi connectivity index (χ2v) is 5.65. The molecule has 0 fully saturated rings. The van der Waals surface area contributed by atoms with Gasteiger partial charge in [-0.1, -0.05) is 38.0 Å². The van der Waals surface area contributed by atoms with Crippen molar-refractivity contribution in [1.29, 1.82) is 0 Å². The van der Waals surface area contributed by atoms with Crippen LogP contribution < -0.4 is 10.6 Å². The van der Waals surface area contributed by atoms with E-state index in [4.69, 9.17) is 10.5 Å². The summed E-state index contributed by atoms with van der Waals surface area (Å²) in [6, 6.07) is 0. The first-order valence-electron chi connectivity index (χ1n) is 7.32. The average Bonchev–Trinajstić information content (AvgIpc) is 2.81. The lowest BCUT2D eigenvalue weighted by molar-refractivity contribution is 0.0532. The Hall–Kier alpha value is -1.30. The maximum atomic E-state index is 12.0. The molecule has 20 heavy (non-hydrogen) atoms. The highest BCUT2D eigenvalue weighted by Crippen LogP contribution is 2.29. The van der Waals surface area contributed by atoms with Gasteiger partial charge in [0.25, 0.3) is 0 Å². The van der Waals surface area contributed by atoms with Crippen molar-refractivity contribution < 1.29 is 9.53 Å². The zero-order chi connectivity index (χ0) is 15.0. The Morgan fingerprint density at radius 3 is 2.35 bits per heavy atom. The summed E-state index contributed by atoms with van der Waals surface area (Å²) >= 11 is 1.21. The summed E-state index contributed by atoms with van der Waals surface area (Å²) in [7, 11) is 0. The molecule has 0 amide bonds. The molecule has 0 radical (unpaired) electrons. The predicted octanol–water partition coefficient (Wildman–Crippen LogP) is 3.31. The van der Waals surface area contributed by atoms with Crippen LogP contribution in [0.1, 0.15) is 56.1 Å². The molecule has 0 aromatic carbocycles. The van der Waals surface area contributed by atoms with Gasteiger partial charge in [0.15, 0.2) is 15.8 Å². The van der Waals surface area contributed by atoms with Crippen LogP contribution in [0.15, 0.2) is 0 Å². The number of carbonyl (C=O) groups is 1. The third-order valence-electron chi connectivity index (χ3n) is 2.95. The van der Waals surface area contributed by atoms with Crippen molar-refractivity contribution in [2.24, 2.45) is 0 Å². The normalized spacial score (nSPS) is 10.6. The van der Waals surface area contributed by atoms with E-state index in [0.717, 1.165) is 38.8 Å². The van der Waals surface area contributed by atoms with Crippen molar-refractivity contribution >= 4 is 28.3 Å². The van der Waals surface area contributed by atoms with Crippen molar-refractivity contribution in [2.75, 3.05) is 30.3 Å². The number of rotatable bonds is 9. The van der Waals surface area contributed by atoms with Gasteiger partial charge in [-0.15, -0.1) is 0 Å². The van der Waals surface area contributed by atoms with Crippen LogP contribution in [0.2, 0.25) is 0 Å². The van der Waals surface area contributed by atoms with Crippen LogP contribution >= 0.6 is 11.3 Å². The van der Waals surface area contributed by atoms with Crippen LogP contribution in [-0.2, 0) is 4.74 Å². The Kier molecular flexibility index (Phi) is 7.36. The van der Waals surface area contributed by atoms with E-state index in [1.807, 2.05) is 0 Å². The highest BCUT2D eigenvalue weighted by molar-refractivity contribution is 7.17. The lowest BCUT2D eigenvalue weighted by Gasteiger charge is -2.23. The average molecular weight is 299 g/mol. The van der Waals surface area contributed by atoms with E-state index in [-0.39, 0.29) is 5.97 Å². The van der Waals surface area contributed by atoms with E-state index in [1.165, 1.54) is 11.3 Å². The lowest BCUT2D eigenvalue weighted by atomic mass is 10.2.